The van der Waals surface area contributed by atoms with Gasteiger partial charge in [0, 0.05) is 12.2 Å². The Kier molecular flexibility index (Phi) is 2.88. The monoisotopic (exact) mass is 310 g/mol. The average Bonchev–Trinajstić information content (AvgIpc) is 2.79. The van der Waals surface area contributed by atoms with Crippen LogP contribution < -0.4 is 4.90 Å². The predicted molar refractivity (Wildman–Crippen MR) is 73.9 cm³/mol. The molecular weight excluding hydrogens is 300 g/mol. The number of amides is 1. The Bertz CT molecular complexity index is 568. The standard InChI is InChI=1S/C12H11BrN2OS/c13-9-2-1-5-15(12(9)16)8-3-4-10-11(6-8)17-7-14-10/h3-4,6-7,9H,1-2,5H2. The maximum Gasteiger partial charge on any atom is 0.240 e. The summed E-state index contributed by atoms with van der Waals surface area (Å²) < 4.78 is 1.13. The van der Waals surface area contributed by atoms with Gasteiger partial charge in [0.15, 0.2) is 0 Å². The fourth-order valence-electron chi connectivity index (χ4n) is 2.10. The third-order valence-corrected chi connectivity index (χ3v) is 4.64. The number of piperidine rings is 1. The minimum absolute atomic E-state index is 0.0339. The van der Waals surface area contributed by atoms with E-state index >= 15 is 0 Å². The molecule has 1 fully saturated rings. The lowest BCUT2D eigenvalue weighted by molar-refractivity contribution is -0.118. The van der Waals surface area contributed by atoms with Crippen molar-refractivity contribution < 1.29 is 4.79 Å². The summed E-state index contributed by atoms with van der Waals surface area (Å²) in [6.45, 7) is 0.811. The van der Waals surface area contributed by atoms with E-state index in [1.54, 1.807) is 11.3 Å². The van der Waals surface area contributed by atoms with Crippen LogP contribution in [0.15, 0.2) is 23.7 Å². The summed E-state index contributed by atoms with van der Waals surface area (Å²) in [6.07, 6.45) is 1.97. The molecule has 0 saturated carbocycles. The molecule has 1 aromatic carbocycles. The van der Waals surface area contributed by atoms with Gasteiger partial charge in [-0.1, -0.05) is 15.9 Å². The molecule has 1 saturated heterocycles. The van der Waals surface area contributed by atoms with E-state index in [1.165, 1.54) is 0 Å². The van der Waals surface area contributed by atoms with E-state index in [1.807, 2.05) is 22.5 Å². The quantitative estimate of drug-likeness (QED) is 0.758. The molecule has 0 N–H and O–H groups in total. The van der Waals surface area contributed by atoms with Gasteiger partial charge in [-0.25, -0.2) is 4.98 Å². The fourth-order valence-corrected chi connectivity index (χ4v) is 3.38. The van der Waals surface area contributed by atoms with Crippen molar-refractivity contribution >= 4 is 49.1 Å². The van der Waals surface area contributed by atoms with Crippen molar-refractivity contribution in [2.24, 2.45) is 0 Å². The number of nitrogens with zero attached hydrogens (tertiary/aromatic N) is 2. The Labute approximate surface area is 112 Å². The van der Waals surface area contributed by atoms with E-state index in [2.05, 4.69) is 27.0 Å². The number of rotatable bonds is 1. The van der Waals surface area contributed by atoms with Crippen molar-refractivity contribution in [3.63, 3.8) is 0 Å². The first-order chi connectivity index (χ1) is 8.25. The summed E-state index contributed by atoms with van der Waals surface area (Å²) in [5, 5.41) is 0. The van der Waals surface area contributed by atoms with Crippen molar-refractivity contribution in [3.05, 3.63) is 23.7 Å². The second kappa shape index (κ2) is 4.38. The molecule has 88 valence electrons. The molecule has 1 aliphatic rings. The largest absolute Gasteiger partial charge is 0.311 e. The summed E-state index contributed by atoms with van der Waals surface area (Å²) >= 11 is 5.04. The van der Waals surface area contributed by atoms with E-state index < -0.39 is 0 Å². The van der Waals surface area contributed by atoms with E-state index in [9.17, 15) is 4.79 Å². The first-order valence-corrected chi connectivity index (χ1v) is 7.34. The molecule has 1 aromatic heterocycles. The molecule has 0 bridgehead atoms. The molecule has 0 spiro atoms. The zero-order valence-electron chi connectivity index (χ0n) is 9.10. The molecule has 1 atom stereocenters. The van der Waals surface area contributed by atoms with E-state index in [0.29, 0.717) is 0 Å². The van der Waals surface area contributed by atoms with E-state index in [0.717, 1.165) is 35.3 Å². The number of hydrogen-bond donors (Lipinski definition) is 0. The lowest BCUT2D eigenvalue weighted by atomic mass is 10.1. The van der Waals surface area contributed by atoms with Crippen LogP contribution in [0.4, 0.5) is 5.69 Å². The van der Waals surface area contributed by atoms with Crippen LogP contribution in [-0.2, 0) is 4.79 Å². The van der Waals surface area contributed by atoms with Crippen molar-refractivity contribution in [2.45, 2.75) is 17.7 Å². The molecule has 3 rings (SSSR count). The van der Waals surface area contributed by atoms with Crippen LogP contribution in [0.1, 0.15) is 12.8 Å². The SMILES string of the molecule is O=C1C(Br)CCCN1c1ccc2ncsc2c1. The number of aromatic nitrogens is 1. The van der Waals surface area contributed by atoms with Crippen molar-refractivity contribution in [1.29, 1.82) is 0 Å². The van der Waals surface area contributed by atoms with Gasteiger partial charge in [0.25, 0.3) is 0 Å². The Morgan fingerprint density at radius 1 is 1.47 bits per heavy atom. The first kappa shape index (κ1) is 11.2. The number of thiazole rings is 1. The highest BCUT2D eigenvalue weighted by Gasteiger charge is 2.27. The van der Waals surface area contributed by atoms with Crippen molar-refractivity contribution in [3.8, 4) is 0 Å². The Morgan fingerprint density at radius 3 is 3.24 bits per heavy atom. The Balaban J connectivity index is 1.99. The molecule has 1 aliphatic heterocycles. The summed E-state index contributed by atoms with van der Waals surface area (Å²) in [5.41, 5.74) is 3.81. The second-order valence-corrected chi connectivity index (χ2v) is 6.10. The lowest BCUT2D eigenvalue weighted by Crippen LogP contribution is -2.41. The maximum absolute atomic E-state index is 12.1. The highest BCUT2D eigenvalue weighted by atomic mass is 79.9. The third-order valence-electron chi connectivity index (χ3n) is 3.00. The molecule has 3 nitrogen and oxygen atoms in total. The number of benzene rings is 1. The number of alkyl halides is 1. The Hall–Kier alpha value is -0.940. The minimum Gasteiger partial charge on any atom is -0.311 e. The average molecular weight is 311 g/mol. The van der Waals surface area contributed by atoms with Gasteiger partial charge in [-0.2, -0.15) is 0 Å². The van der Waals surface area contributed by atoms with Crippen molar-refractivity contribution in [2.75, 3.05) is 11.4 Å². The zero-order chi connectivity index (χ0) is 11.8. The molecule has 2 aromatic rings. The summed E-state index contributed by atoms with van der Waals surface area (Å²) in [4.78, 5) is 18.1. The predicted octanol–water partition coefficient (Wildman–Crippen LogP) is 3.19. The minimum atomic E-state index is -0.0339. The molecular formula is C12H11BrN2OS. The molecule has 1 amide bonds. The highest BCUT2D eigenvalue weighted by Crippen LogP contribution is 2.28. The number of hydrogen-bond acceptors (Lipinski definition) is 3. The van der Waals surface area contributed by atoms with Gasteiger partial charge in [0.2, 0.25) is 5.91 Å². The highest BCUT2D eigenvalue weighted by molar-refractivity contribution is 9.10. The molecule has 0 aliphatic carbocycles. The summed E-state index contributed by atoms with van der Waals surface area (Å²) in [6, 6.07) is 6.01. The number of anilines is 1. The molecule has 2 heterocycles. The van der Waals surface area contributed by atoms with Crippen LogP contribution >= 0.6 is 27.3 Å². The zero-order valence-corrected chi connectivity index (χ0v) is 11.5. The van der Waals surface area contributed by atoms with E-state index in [-0.39, 0.29) is 10.7 Å². The van der Waals surface area contributed by atoms with Gasteiger partial charge in [-0.15, -0.1) is 11.3 Å². The second-order valence-electron chi connectivity index (χ2n) is 4.10. The van der Waals surface area contributed by atoms with Crippen LogP contribution in [0.25, 0.3) is 10.2 Å². The van der Waals surface area contributed by atoms with Crippen LogP contribution in [0.5, 0.6) is 0 Å². The molecule has 1 unspecified atom stereocenters. The van der Waals surface area contributed by atoms with Crippen LogP contribution in [0.2, 0.25) is 0 Å². The van der Waals surface area contributed by atoms with E-state index in [4.69, 9.17) is 0 Å². The van der Waals surface area contributed by atoms with Gasteiger partial charge >= 0.3 is 0 Å². The van der Waals surface area contributed by atoms with Gasteiger partial charge in [0.1, 0.15) is 0 Å². The third kappa shape index (κ3) is 1.98. The fraction of sp³-hybridized carbons (Fsp3) is 0.333. The molecule has 0 radical (unpaired) electrons. The number of fused-ring (bicyclic) bond motifs is 1. The maximum atomic E-state index is 12.1. The van der Waals surface area contributed by atoms with Gasteiger partial charge < -0.3 is 4.90 Å². The summed E-state index contributed by atoms with van der Waals surface area (Å²) in [5.74, 6) is 0.167. The normalized spacial score (nSPS) is 21.1. The lowest BCUT2D eigenvalue weighted by Gasteiger charge is -2.29. The van der Waals surface area contributed by atoms with Crippen LogP contribution in [-0.4, -0.2) is 22.3 Å². The molecule has 17 heavy (non-hydrogen) atoms. The van der Waals surface area contributed by atoms with Crippen LogP contribution in [0, 0.1) is 0 Å². The topological polar surface area (TPSA) is 33.2 Å². The Morgan fingerprint density at radius 2 is 2.35 bits per heavy atom. The number of carbonyl (C=O) groups excluding carboxylic acids is 1. The van der Waals surface area contributed by atoms with Crippen molar-refractivity contribution in [1.82, 2.24) is 4.98 Å². The first-order valence-electron chi connectivity index (χ1n) is 5.54. The molecule has 5 heteroatoms. The number of carbonyl (C=O) groups is 1. The van der Waals surface area contributed by atoms with Gasteiger partial charge in [-0.05, 0) is 31.0 Å². The van der Waals surface area contributed by atoms with Gasteiger partial charge in [0.05, 0.1) is 20.6 Å². The summed E-state index contributed by atoms with van der Waals surface area (Å²) in [7, 11) is 0. The van der Waals surface area contributed by atoms with Crippen LogP contribution in [0.3, 0.4) is 0 Å². The smallest absolute Gasteiger partial charge is 0.240 e. The van der Waals surface area contributed by atoms with Gasteiger partial charge in [-0.3, -0.25) is 4.79 Å². The number of halogens is 1.